The summed E-state index contributed by atoms with van der Waals surface area (Å²) in [5.41, 5.74) is 2.25. The Kier molecular flexibility index (Phi) is 8.07. The van der Waals surface area contributed by atoms with E-state index in [4.69, 9.17) is 9.47 Å². The highest BCUT2D eigenvalue weighted by molar-refractivity contribution is 5.95. The third-order valence-electron chi connectivity index (χ3n) is 5.38. The SMILES string of the molecule is CCCCN1C(=O)NC(c2ccc(NC(=O)COc3ccccc3)cc2)C(C(=O)OC)=C1C. The second kappa shape index (κ2) is 11.2. The molecule has 0 fully saturated rings. The van der Waals surface area contributed by atoms with Crippen molar-refractivity contribution in [2.45, 2.75) is 32.7 Å². The van der Waals surface area contributed by atoms with Crippen LogP contribution in [0.2, 0.25) is 0 Å². The number of unbranched alkanes of at least 4 members (excludes halogenated alkanes) is 1. The molecule has 0 aliphatic carbocycles. The van der Waals surface area contributed by atoms with Crippen LogP contribution in [0.5, 0.6) is 5.75 Å². The second-order valence-corrected chi connectivity index (χ2v) is 7.65. The highest BCUT2D eigenvalue weighted by Gasteiger charge is 2.35. The van der Waals surface area contributed by atoms with Crippen molar-refractivity contribution in [3.8, 4) is 5.75 Å². The lowest BCUT2D eigenvalue weighted by Crippen LogP contribution is -2.48. The second-order valence-electron chi connectivity index (χ2n) is 7.65. The monoisotopic (exact) mass is 451 g/mol. The van der Waals surface area contributed by atoms with Crippen molar-refractivity contribution < 1.29 is 23.9 Å². The van der Waals surface area contributed by atoms with E-state index >= 15 is 0 Å². The molecule has 33 heavy (non-hydrogen) atoms. The molecular formula is C25H29N3O5. The molecule has 0 bridgehead atoms. The van der Waals surface area contributed by atoms with Crippen LogP contribution in [0.15, 0.2) is 65.9 Å². The van der Waals surface area contributed by atoms with E-state index in [0.29, 0.717) is 34.8 Å². The van der Waals surface area contributed by atoms with E-state index in [-0.39, 0.29) is 18.5 Å². The molecule has 1 aliphatic rings. The van der Waals surface area contributed by atoms with Crippen molar-refractivity contribution in [3.63, 3.8) is 0 Å². The molecular weight excluding hydrogens is 422 g/mol. The molecule has 0 saturated heterocycles. The normalized spacial score (nSPS) is 15.7. The zero-order valence-corrected chi connectivity index (χ0v) is 19.1. The van der Waals surface area contributed by atoms with Gasteiger partial charge in [0.05, 0.1) is 18.7 Å². The molecule has 1 heterocycles. The number of nitrogens with one attached hydrogen (secondary N) is 2. The van der Waals surface area contributed by atoms with Gasteiger partial charge in [0.15, 0.2) is 6.61 Å². The molecule has 8 nitrogen and oxygen atoms in total. The maximum Gasteiger partial charge on any atom is 0.337 e. The predicted octanol–water partition coefficient (Wildman–Crippen LogP) is 4.02. The Balaban J connectivity index is 1.72. The summed E-state index contributed by atoms with van der Waals surface area (Å²) >= 11 is 0. The van der Waals surface area contributed by atoms with E-state index in [2.05, 4.69) is 10.6 Å². The van der Waals surface area contributed by atoms with Crippen molar-refractivity contribution in [1.29, 1.82) is 0 Å². The fourth-order valence-electron chi connectivity index (χ4n) is 3.61. The highest BCUT2D eigenvalue weighted by atomic mass is 16.5. The molecule has 3 rings (SSSR count). The average molecular weight is 452 g/mol. The number of carbonyl (C=O) groups is 3. The van der Waals surface area contributed by atoms with Crippen LogP contribution in [0.25, 0.3) is 0 Å². The van der Waals surface area contributed by atoms with Gasteiger partial charge in [-0.1, -0.05) is 43.7 Å². The minimum atomic E-state index is -0.644. The van der Waals surface area contributed by atoms with Crippen LogP contribution in [0.3, 0.4) is 0 Å². The standard InChI is InChI=1S/C25H29N3O5/c1-4-5-15-28-17(2)22(24(30)32-3)23(27-25(28)31)18-11-13-19(14-12-18)26-21(29)16-33-20-9-7-6-8-10-20/h6-14,23H,4-5,15-16H2,1-3H3,(H,26,29)(H,27,31). The minimum absolute atomic E-state index is 0.119. The molecule has 2 N–H and O–H groups in total. The van der Waals surface area contributed by atoms with Gasteiger partial charge in [-0.05, 0) is 43.2 Å². The summed E-state index contributed by atoms with van der Waals surface area (Å²) in [6.45, 7) is 4.21. The molecule has 3 amide bonds. The summed E-state index contributed by atoms with van der Waals surface area (Å²) in [5, 5.41) is 5.68. The average Bonchev–Trinajstić information content (AvgIpc) is 2.83. The quantitative estimate of drug-likeness (QED) is 0.562. The molecule has 1 unspecified atom stereocenters. The number of anilines is 1. The van der Waals surface area contributed by atoms with Crippen LogP contribution in [0.1, 0.15) is 38.3 Å². The first-order valence-corrected chi connectivity index (χ1v) is 10.9. The number of carbonyl (C=O) groups excluding carboxylic acids is 3. The van der Waals surface area contributed by atoms with Crippen LogP contribution in [-0.2, 0) is 14.3 Å². The summed E-state index contributed by atoms with van der Waals surface area (Å²) in [5.74, 6) is -0.175. The van der Waals surface area contributed by atoms with E-state index in [9.17, 15) is 14.4 Å². The van der Waals surface area contributed by atoms with Crippen molar-refractivity contribution in [1.82, 2.24) is 10.2 Å². The van der Waals surface area contributed by atoms with E-state index in [1.807, 2.05) is 25.1 Å². The zero-order valence-electron chi connectivity index (χ0n) is 19.1. The molecule has 0 spiro atoms. The zero-order chi connectivity index (χ0) is 23.8. The first kappa shape index (κ1) is 23.8. The first-order chi connectivity index (χ1) is 15.9. The Morgan fingerprint density at radius 1 is 1.09 bits per heavy atom. The third-order valence-corrected chi connectivity index (χ3v) is 5.38. The van der Waals surface area contributed by atoms with Crippen molar-refractivity contribution in [2.75, 3.05) is 25.6 Å². The number of hydrogen-bond donors (Lipinski definition) is 2. The third kappa shape index (κ3) is 5.91. The number of nitrogens with zero attached hydrogens (tertiary/aromatic N) is 1. The lowest BCUT2D eigenvalue weighted by atomic mass is 9.94. The molecule has 174 valence electrons. The van der Waals surface area contributed by atoms with Gasteiger partial charge in [-0.25, -0.2) is 9.59 Å². The van der Waals surface area contributed by atoms with Gasteiger partial charge >= 0.3 is 12.0 Å². The fraction of sp³-hybridized carbons (Fsp3) is 0.320. The maximum atomic E-state index is 12.7. The number of benzene rings is 2. The number of methoxy groups -OCH3 is 1. The molecule has 0 aromatic heterocycles. The summed E-state index contributed by atoms with van der Waals surface area (Å²) in [6, 6.07) is 15.1. The Bertz CT molecular complexity index is 1020. The van der Waals surface area contributed by atoms with E-state index < -0.39 is 12.0 Å². The number of para-hydroxylation sites is 1. The van der Waals surface area contributed by atoms with Gasteiger partial charge in [0, 0.05) is 17.9 Å². The number of esters is 1. The highest BCUT2D eigenvalue weighted by Crippen LogP contribution is 2.32. The predicted molar refractivity (Wildman–Crippen MR) is 125 cm³/mol. The van der Waals surface area contributed by atoms with Crippen LogP contribution in [-0.4, -0.2) is 43.1 Å². The summed E-state index contributed by atoms with van der Waals surface area (Å²) < 4.78 is 10.4. The number of urea groups is 1. The Labute approximate surface area is 193 Å². The van der Waals surface area contributed by atoms with Gasteiger partial charge in [-0.15, -0.1) is 0 Å². The smallest absolute Gasteiger partial charge is 0.337 e. The van der Waals surface area contributed by atoms with Crippen LogP contribution >= 0.6 is 0 Å². The minimum Gasteiger partial charge on any atom is -0.484 e. The van der Waals surface area contributed by atoms with Gasteiger partial charge in [-0.2, -0.15) is 0 Å². The van der Waals surface area contributed by atoms with Crippen molar-refractivity contribution in [2.24, 2.45) is 0 Å². The van der Waals surface area contributed by atoms with Gasteiger partial charge in [-0.3, -0.25) is 9.69 Å². The van der Waals surface area contributed by atoms with Gasteiger partial charge < -0.3 is 20.1 Å². The number of rotatable bonds is 9. The number of allylic oxidation sites excluding steroid dienone is 1. The van der Waals surface area contributed by atoms with E-state index in [0.717, 1.165) is 12.8 Å². The van der Waals surface area contributed by atoms with Gasteiger partial charge in [0.2, 0.25) is 0 Å². The Morgan fingerprint density at radius 2 is 1.79 bits per heavy atom. The summed E-state index contributed by atoms with van der Waals surface area (Å²) in [6.07, 6.45) is 1.75. The van der Waals surface area contributed by atoms with Crippen LogP contribution in [0.4, 0.5) is 10.5 Å². The summed E-state index contributed by atoms with van der Waals surface area (Å²) in [7, 11) is 1.32. The fourth-order valence-corrected chi connectivity index (χ4v) is 3.61. The molecule has 0 saturated carbocycles. The van der Waals surface area contributed by atoms with E-state index in [1.54, 1.807) is 48.2 Å². The lowest BCUT2D eigenvalue weighted by Gasteiger charge is -2.35. The summed E-state index contributed by atoms with van der Waals surface area (Å²) in [4.78, 5) is 39.0. The molecule has 1 aliphatic heterocycles. The Morgan fingerprint density at radius 3 is 2.42 bits per heavy atom. The first-order valence-electron chi connectivity index (χ1n) is 10.9. The number of amides is 3. The number of ether oxygens (including phenoxy) is 2. The largest absolute Gasteiger partial charge is 0.484 e. The number of hydrogen-bond acceptors (Lipinski definition) is 5. The van der Waals surface area contributed by atoms with E-state index in [1.165, 1.54) is 7.11 Å². The Hall–Kier alpha value is -3.81. The topological polar surface area (TPSA) is 97.0 Å². The van der Waals surface area contributed by atoms with Crippen LogP contribution in [0, 0.1) is 0 Å². The molecule has 1 atom stereocenters. The molecule has 2 aromatic carbocycles. The van der Waals surface area contributed by atoms with Gasteiger partial charge in [0.25, 0.3) is 5.91 Å². The van der Waals surface area contributed by atoms with Crippen molar-refractivity contribution >= 4 is 23.6 Å². The molecule has 2 aromatic rings. The lowest BCUT2D eigenvalue weighted by molar-refractivity contribution is -0.136. The van der Waals surface area contributed by atoms with Gasteiger partial charge in [0.1, 0.15) is 5.75 Å². The van der Waals surface area contributed by atoms with Crippen LogP contribution < -0.4 is 15.4 Å². The molecule has 0 radical (unpaired) electrons. The molecule has 8 heteroatoms. The maximum absolute atomic E-state index is 12.7. The van der Waals surface area contributed by atoms with Crippen molar-refractivity contribution in [3.05, 3.63) is 71.4 Å².